The first-order chi connectivity index (χ1) is 9.39. The molecule has 1 aliphatic heterocycles. The van der Waals surface area contributed by atoms with Crippen LogP contribution in [0.5, 0.6) is 0 Å². The molecule has 110 valence electrons. The molecule has 1 amide bonds. The van der Waals surface area contributed by atoms with E-state index < -0.39 is 15.4 Å². The summed E-state index contributed by atoms with van der Waals surface area (Å²) >= 11 is 1.63. The van der Waals surface area contributed by atoms with E-state index in [2.05, 4.69) is 5.32 Å². The van der Waals surface area contributed by atoms with Gasteiger partial charge in [-0.25, -0.2) is 8.42 Å². The summed E-state index contributed by atoms with van der Waals surface area (Å²) < 4.78 is 22.9. The molecule has 1 fully saturated rings. The van der Waals surface area contributed by atoms with Crippen molar-refractivity contribution in [3.63, 3.8) is 0 Å². The molecule has 6 heteroatoms. The third kappa shape index (κ3) is 4.52. The molecular weight excluding hydrogens is 294 g/mol. The van der Waals surface area contributed by atoms with E-state index in [-0.39, 0.29) is 17.4 Å². The van der Waals surface area contributed by atoms with Crippen LogP contribution in [-0.2, 0) is 14.6 Å². The van der Waals surface area contributed by atoms with Crippen LogP contribution in [-0.4, -0.2) is 37.1 Å². The van der Waals surface area contributed by atoms with Crippen molar-refractivity contribution in [2.45, 2.75) is 30.2 Å². The highest BCUT2D eigenvalue weighted by atomic mass is 32.2. The molecule has 1 unspecified atom stereocenters. The predicted molar refractivity (Wildman–Crippen MR) is 81.6 cm³/mol. The van der Waals surface area contributed by atoms with Crippen molar-refractivity contribution in [1.29, 1.82) is 0 Å². The van der Waals surface area contributed by atoms with Crippen molar-refractivity contribution in [2.24, 2.45) is 0 Å². The van der Waals surface area contributed by atoms with Gasteiger partial charge in [0, 0.05) is 17.1 Å². The van der Waals surface area contributed by atoms with Crippen LogP contribution in [0.4, 0.5) is 0 Å². The number of benzene rings is 1. The van der Waals surface area contributed by atoms with Crippen LogP contribution in [0.3, 0.4) is 0 Å². The SMILES string of the molecule is CC1(NC(=O)CCSc2ccccc2)CCS(=O)(=O)C1. The molecule has 0 bridgehead atoms. The van der Waals surface area contributed by atoms with Gasteiger partial charge >= 0.3 is 0 Å². The van der Waals surface area contributed by atoms with Gasteiger partial charge in [-0.1, -0.05) is 18.2 Å². The second-order valence-electron chi connectivity index (χ2n) is 5.36. The minimum Gasteiger partial charge on any atom is -0.350 e. The lowest BCUT2D eigenvalue weighted by atomic mass is 10.0. The summed E-state index contributed by atoms with van der Waals surface area (Å²) in [6, 6.07) is 9.90. The van der Waals surface area contributed by atoms with Crippen LogP contribution in [0, 0.1) is 0 Å². The number of carbonyl (C=O) groups is 1. The van der Waals surface area contributed by atoms with E-state index in [4.69, 9.17) is 0 Å². The fraction of sp³-hybridized carbons (Fsp3) is 0.500. The van der Waals surface area contributed by atoms with Gasteiger partial charge in [-0.05, 0) is 25.5 Å². The predicted octanol–water partition coefficient (Wildman–Crippen LogP) is 1.86. The summed E-state index contributed by atoms with van der Waals surface area (Å²) in [4.78, 5) is 13.0. The monoisotopic (exact) mass is 313 g/mol. The lowest BCUT2D eigenvalue weighted by molar-refractivity contribution is -0.122. The van der Waals surface area contributed by atoms with Crippen molar-refractivity contribution < 1.29 is 13.2 Å². The number of carbonyl (C=O) groups excluding carboxylic acids is 1. The van der Waals surface area contributed by atoms with Gasteiger partial charge in [-0.3, -0.25) is 4.79 Å². The lowest BCUT2D eigenvalue weighted by Crippen LogP contribution is -2.47. The molecule has 1 aliphatic rings. The molecule has 1 atom stereocenters. The zero-order valence-corrected chi connectivity index (χ0v) is 13.1. The smallest absolute Gasteiger partial charge is 0.221 e. The maximum atomic E-state index is 11.9. The van der Waals surface area contributed by atoms with Gasteiger partial charge in [0.25, 0.3) is 0 Å². The summed E-state index contributed by atoms with van der Waals surface area (Å²) in [6.45, 7) is 1.81. The number of hydrogen-bond acceptors (Lipinski definition) is 4. The Balaban J connectivity index is 1.76. The Morgan fingerprint density at radius 3 is 2.65 bits per heavy atom. The van der Waals surface area contributed by atoms with E-state index in [1.165, 1.54) is 0 Å². The van der Waals surface area contributed by atoms with Gasteiger partial charge in [0.2, 0.25) is 5.91 Å². The summed E-state index contributed by atoms with van der Waals surface area (Å²) in [6.07, 6.45) is 0.905. The van der Waals surface area contributed by atoms with Crippen LogP contribution >= 0.6 is 11.8 Å². The van der Waals surface area contributed by atoms with Gasteiger partial charge in [0.1, 0.15) is 0 Å². The van der Waals surface area contributed by atoms with E-state index in [0.29, 0.717) is 18.6 Å². The molecule has 4 nitrogen and oxygen atoms in total. The first-order valence-corrected chi connectivity index (χ1v) is 9.39. The number of nitrogens with one attached hydrogen (secondary N) is 1. The molecule has 1 N–H and O–H groups in total. The van der Waals surface area contributed by atoms with Crippen molar-refractivity contribution in [1.82, 2.24) is 5.32 Å². The molecule has 0 aromatic heterocycles. The minimum atomic E-state index is -2.98. The molecule has 2 rings (SSSR count). The number of sulfone groups is 1. The molecule has 20 heavy (non-hydrogen) atoms. The maximum Gasteiger partial charge on any atom is 0.221 e. The molecule has 0 radical (unpaired) electrons. The van der Waals surface area contributed by atoms with Gasteiger partial charge in [0.05, 0.1) is 17.0 Å². The lowest BCUT2D eigenvalue weighted by Gasteiger charge is -2.23. The first kappa shape index (κ1) is 15.4. The summed E-state index contributed by atoms with van der Waals surface area (Å²) in [5, 5.41) is 2.87. The maximum absolute atomic E-state index is 11.9. The number of amides is 1. The number of hydrogen-bond donors (Lipinski definition) is 1. The second kappa shape index (κ2) is 6.18. The van der Waals surface area contributed by atoms with Crippen molar-refractivity contribution >= 4 is 27.5 Å². The van der Waals surface area contributed by atoms with Gasteiger partial charge in [-0.15, -0.1) is 11.8 Å². The summed E-state index contributed by atoms with van der Waals surface area (Å²) in [7, 11) is -2.98. The van der Waals surface area contributed by atoms with Crippen LogP contribution in [0.25, 0.3) is 0 Å². The van der Waals surface area contributed by atoms with Gasteiger partial charge in [0.15, 0.2) is 9.84 Å². The topological polar surface area (TPSA) is 63.2 Å². The van der Waals surface area contributed by atoms with E-state index in [0.717, 1.165) is 4.90 Å². The highest BCUT2D eigenvalue weighted by Crippen LogP contribution is 2.23. The standard InChI is InChI=1S/C14H19NO3S2/c1-14(8-10-20(17,18)11-14)15-13(16)7-9-19-12-5-3-2-4-6-12/h2-6H,7-11H2,1H3,(H,15,16). The zero-order valence-electron chi connectivity index (χ0n) is 11.5. The quantitative estimate of drug-likeness (QED) is 0.843. The second-order valence-corrected chi connectivity index (χ2v) is 8.71. The van der Waals surface area contributed by atoms with E-state index in [1.807, 2.05) is 30.3 Å². The average molecular weight is 313 g/mol. The Morgan fingerprint density at radius 2 is 2.05 bits per heavy atom. The Bertz CT molecular complexity index is 571. The Kier molecular flexibility index (Phi) is 4.75. The minimum absolute atomic E-state index is 0.0531. The normalized spacial score (nSPS) is 24.4. The highest BCUT2D eigenvalue weighted by molar-refractivity contribution is 7.99. The van der Waals surface area contributed by atoms with Crippen LogP contribution in [0.1, 0.15) is 19.8 Å². The van der Waals surface area contributed by atoms with Crippen LogP contribution in [0.15, 0.2) is 35.2 Å². The van der Waals surface area contributed by atoms with Crippen LogP contribution in [0.2, 0.25) is 0 Å². The largest absolute Gasteiger partial charge is 0.350 e. The molecule has 1 aromatic carbocycles. The molecule has 0 aliphatic carbocycles. The fourth-order valence-corrected chi connectivity index (χ4v) is 5.25. The molecule has 1 saturated heterocycles. The summed E-state index contributed by atoms with van der Waals surface area (Å²) in [5.74, 6) is 0.840. The average Bonchev–Trinajstić information content (AvgIpc) is 2.64. The molecule has 1 aromatic rings. The molecular formula is C14H19NO3S2. The van der Waals surface area contributed by atoms with E-state index >= 15 is 0 Å². The Morgan fingerprint density at radius 1 is 1.35 bits per heavy atom. The van der Waals surface area contributed by atoms with Gasteiger partial charge < -0.3 is 5.32 Å². The number of thioether (sulfide) groups is 1. The molecule has 0 spiro atoms. The van der Waals surface area contributed by atoms with E-state index in [1.54, 1.807) is 18.7 Å². The van der Waals surface area contributed by atoms with Crippen molar-refractivity contribution in [2.75, 3.05) is 17.3 Å². The molecule has 1 heterocycles. The molecule has 0 saturated carbocycles. The zero-order chi connectivity index (χ0) is 14.6. The Labute approximate surface area is 124 Å². The number of rotatable bonds is 5. The summed E-state index contributed by atoms with van der Waals surface area (Å²) in [5.41, 5.74) is -0.590. The van der Waals surface area contributed by atoms with Crippen LogP contribution < -0.4 is 5.32 Å². The Hall–Kier alpha value is -1.01. The third-order valence-electron chi connectivity index (χ3n) is 3.29. The van der Waals surface area contributed by atoms with Crippen molar-refractivity contribution in [3.05, 3.63) is 30.3 Å². The third-order valence-corrected chi connectivity index (χ3v) is 6.20. The highest BCUT2D eigenvalue weighted by Gasteiger charge is 2.39. The van der Waals surface area contributed by atoms with Gasteiger partial charge in [-0.2, -0.15) is 0 Å². The van der Waals surface area contributed by atoms with E-state index in [9.17, 15) is 13.2 Å². The first-order valence-electron chi connectivity index (χ1n) is 6.58. The fourth-order valence-electron chi connectivity index (χ4n) is 2.29. The van der Waals surface area contributed by atoms with Crippen molar-refractivity contribution in [3.8, 4) is 0 Å².